The van der Waals surface area contributed by atoms with Gasteiger partial charge in [0, 0.05) is 24.6 Å². The lowest BCUT2D eigenvalue weighted by Crippen LogP contribution is -2.18. The molecule has 0 spiro atoms. The predicted octanol–water partition coefficient (Wildman–Crippen LogP) is 3.94. The highest BCUT2D eigenvalue weighted by Gasteiger charge is 2.24. The predicted molar refractivity (Wildman–Crippen MR) is 76.6 cm³/mol. The Hall–Kier alpha value is -1.59. The monoisotopic (exact) mass is 315 g/mol. The van der Waals surface area contributed by atoms with Crippen LogP contribution in [0.15, 0.2) is 34.9 Å². The van der Waals surface area contributed by atoms with Gasteiger partial charge >= 0.3 is 0 Å². The average molecular weight is 316 g/mol. The molecule has 0 aliphatic carbocycles. The van der Waals surface area contributed by atoms with Crippen LogP contribution in [0.4, 0.5) is 8.78 Å². The van der Waals surface area contributed by atoms with Gasteiger partial charge in [0.2, 0.25) is 0 Å². The Balaban J connectivity index is 0.00000161. The SMILES string of the molecule is CN1CCC(Oc2ccc(F)c(F)c2)c2ccoc2C1.Cl. The van der Waals surface area contributed by atoms with Gasteiger partial charge in [0.25, 0.3) is 0 Å². The molecule has 21 heavy (non-hydrogen) atoms. The first-order chi connectivity index (χ1) is 9.63. The van der Waals surface area contributed by atoms with Crippen LogP contribution in [0.25, 0.3) is 0 Å². The smallest absolute Gasteiger partial charge is 0.162 e. The van der Waals surface area contributed by atoms with Gasteiger partial charge in [-0.1, -0.05) is 0 Å². The molecule has 1 atom stereocenters. The first kappa shape index (κ1) is 15.8. The van der Waals surface area contributed by atoms with Crippen molar-refractivity contribution in [1.82, 2.24) is 4.90 Å². The normalized spacial score (nSPS) is 18.5. The molecule has 0 N–H and O–H groups in total. The quantitative estimate of drug-likeness (QED) is 0.839. The molecule has 1 unspecified atom stereocenters. The molecule has 0 radical (unpaired) electrons. The van der Waals surface area contributed by atoms with Gasteiger partial charge in [-0.2, -0.15) is 0 Å². The van der Waals surface area contributed by atoms with E-state index in [0.29, 0.717) is 5.75 Å². The molecule has 0 fully saturated rings. The van der Waals surface area contributed by atoms with Gasteiger partial charge in [0.1, 0.15) is 17.6 Å². The lowest BCUT2D eigenvalue weighted by molar-refractivity contribution is 0.181. The first-order valence-corrected chi connectivity index (χ1v) is 6.50. The third-order valence-electron chi connectivity index (χ3n) is 3.48. The standard InChI is InChI=1S/C15H15F2NO2.ClH/c1-18-6-4-14(11-5-7-19-15(11)9-18)20-10-2-3-12(16)13(17)8-10;/h2-3,5,7-8,14H,4,6,9H2,1H3;1H. The summed E-state index contributed by atoms with van der Waals surface area (Å²) >= 11 is 0. The fraction of sp³-hybridized carbons (Fsp3) is 0.333. The van der Waals surface area contributed by atoms with E-state index in [1.807, 2.05) is 13.1 Å². The number of furan rings is 1. The van der Waals surface area contributed by atoms with E-state index in [2.05, 4.69) is 4.90 Å². The Morgan fingerprint density at radius 3 is 2.81 bits per heavy atom. The zero-order chi connectivity index (χ0) is 14.1. The van der Waals surface area contributed by atoms with E-state index in [1.54, 1.807) is 6.26 Å². The molecule has 0 amide bonds. The molecule has 2 aromatic rings. The van der Waals surface area contributed by atoms with Crippen LogP contribution in [-0.4, -0.2) is 18.5 Å². The Morgan fingerprint density at radius 2 is 2.05 bits per heavy atom. The van der Waals surface area contributed by atoms with Gasteiger partial charge in [-0.3, -0.25) is 4.90 Å². The molecule has 1 aliphatic rings. The molecular weight excluding hydrogens is 300 g/mol. The average Bonchev–Trinajstić information content (AvgIpc) is 2.81. The van der Waals surface area contributed by atoms with E-state index in [1.165, 1.54) is 6.07 Å². The highest BCUT2D eigenvalue weighted by molar-refractivity contribution is 5.85. The summed E-state index contributed by atoms with van der Waals surface area (Å²) < 4.78 is 37.4. The largest absolute Gasteiger partial charge is 0.485 e. The molecule has 1 aromatic carbocycles. The van der Waals surface area contributed by atoms with Crippen molar-refractivity contribution in [2.75, 3.05) is 13.6 Å². The van der Waals surface area contributed by atoms with Crippen molar-refractivity contribution in [3.63, 3.8) is 0 Å². The molecule has 2 heterocycles. The van der Waals surface area contributed by atoms with Crippen molar-refractivity contribution < 1.29 is 17.9 Å². The van der Waals surface area contributed by atoms with Crippen molar-refractivity contribution in [2.24, 2.45) is 0 Å². The summed E-state index contributed by atoms with van der Waals surface area (Å²) in [5.41, 5.74) is 0.971. The molecule has 0 bridgehead atoms. The summed E-state index contributed by atoms with van der Waals surface area (Å²) in [5, 5.41) is 0. The minimum atomic E-state index is -0.902. The lowest BCUT2D eigenvalue weighted by Gasteiger charge is -2.18. The summed E-state index contributed by atoms with van der Waals surface area (Å²) in [7, 11) is 2.01. The number of hydrogen-bond donors (Lipinski definition) is 0. The maximum absolute atomic E-state index is 13.2. The fourth-order valence-electron chi connectivity index (χ4n) is 2.42. The molecule has 1 aromatic heterocycles. The van der Waals surface area contributed by atoms with Gasteiger partial charge in [-0.15, -0.1) is 12.4 Å². The van der Waals surface area contributed by atoms with Gasteiger partial charge in [-0.25, -0.2) is 8.78 Å². The van der Waals surface area contributed by atoms with Crippen LogP contribution < -0.4 is 4.74 Å². The van der Waals surface area contributed by atoms with Crippen LogP contribution in [-0.2, 0) is 6.54 Å². The van der Waals surface area contributed by atoms with Crippen molar-refractivity contribution >= 4 is 12.4 Å². The van der Waals surface area contributed by atoms with Crippen molar-refractivity contribution in [1.29, 1.82) is 0 Å². The Bertz CT molecular complexity index is 617. The molecular formula is C15H16ClF2NO2. The second-order valence-electron chi connectivity index (χ2n) is 5.01. The zero-order valence-corrected chi connectivity index (χ0v) is 12.3. The van der Waals surface area contributed by atoms with Crippen molar-refractivity contribution in [3.8, 4) is 5.75 Å². The van der Waals surface area contributed by atoms with E-state index < -0.39 is 11.6 Å². The number of halogens is 3. The topological polar surface area (TPSA) is 25.6 Å². The number of benzene rings is 1. The Morgan fingerprint density at radius 1 is 1.24 bits per heavy atom. The Kier molecular flexibility index (Phi) is 4.85. The van der Waals surface area contributed by atoms with Crippen molar-refractivity contribution in [2.45, 2.75) is 19.1 Å². The molecule has 0 saturated carbocycles. The molecule has 3 nitrogen and oxygen atoms in total. The van der Waals surface area contributed by atoms with E-state index in [0.717, 1.165) is 43.0 Å². The van der Waals surface area contributed by atoms with E-state index in [9.17, 15) is 8.78 Å². The third kappa shape index (κ3) is 3.36. The minimum Gasteiger partial charge on any atom is -0.485 e. The van der Waals surface area contributed by atoms with E-state index in [-0.39, 0.29) is 18.5 Å². The second kappa shape index (κ2) is 6.45. The summed E-state index contributed by atoms with van der Waals surface area (Å²) in [4.78, 5) is 2.14. The summed E-state index contributed by atoms with van der Waals surface area (Å²) in [6.45, 7) is 1.57. The number of fused-ring (bicyclic) bond motifs is 1. The number of nitrogens with zero attached hydrogens (tertiary/aromatic N) is 1. The minimum absolute atomic E-state index is 0. The summed E-state index contributed by atoms with van der Waals surface area (Å²) in [6.07, 6.45) is 2.19. The highest BCUT2D eigenvalue weighted by atomic mass is 35.5. The van der Waals surface area contributed by atoms with Gasteiger partial charge in [0.15, 0.2) is 11.6 Å². The van der Waals surface area contributed by atoms with Crippen LogP contribution in [0.5, 0.6) is 5.75 Å². The molecule has 0 saturated heterocycles. The van der Waals surface area contributed by atoms with Gasteiger partial charge in [0.05, 0.1) is 12.8 Å². The van der Waals surface area contributed by atoms with Crippen molar-refractivity contribution in [3.05, 3.63) is 53.5 Å². The van der Waals surface area contributed by atoms with Crippen LogP contribution in [0.2, 0.25) is 0 Å². The van der Waals surface area contributed by atoms with Gasteiger partial charge < -0.3 is 9.15 Å². The summed E-state index contributed by atoms with van der Waals surface area (Å²) in [6, 6.07) is 5.46. The second-order valence-corrected chi connectivity index (χ2v) is 5.01. The maximum atomic E-state index is 13.2. The molecule has 1 aliphatic heterocycles. The lowest BCUT2D eigenvalue weighted by atomic mass is 10.1. The van der Waals surface area contributed by atoms with E-state index >= 15 is 0 Å². The van der Waals surface area contributed by atoms with E-state index in [4.69, 9.17) is 9.15 Å². The number of hydrogen-bond acceptors (Lipinski definition) is 3. The molecule has 3 rings (SSSR count). The fourth-order valence-corrected chi connectivity index (χ4v) is 2.42. The first-order valence-electron chi connectivity index (χ1n) is 6.50. The number of ether oxygens (including phenoxy) is 1. The Labute approximate surface area is 127 Å². The van der Waals surface area contributed by atoms with Crippen LogP contribution >= 0.6 is 12.4 Å². The zero-order valence-electron chi connectivity index (χ0n) is 11.5. The van der Waals surface area contributed by atoms with Crippen LogP contribution in [0.1, 0.15) is 23.8 Å². The molecule has 114 valence electrons. The maximum Gasteiger partial charge on any atom is 0.162 e. The highest BCUT2D eigenvalue weighted by Crippen LogP contribution is 2.31. The van der Waals surface area contributed by atoms with Crippen LogP contribution in [0.3, 0.4) is 0 Å². The summed E-state index contributed by atoms with van der Waals surface area (Å²) in [5.74, 6) is -0.592. The number of rotatable bonds is 2. The third-order valence-corrected chi connectivity index (χ3v) is 3.48. The molecule has 6 heteroatoms. The van der Waals surface area contributed by atoms with Crippen LogP contribution in [0, 0.1) is 11.6 Å². The van der Waals surface area contributed by atoms with Gasteiger partial charge in [-0.05, 0) is 25.2 Å².